The van der Waals surface area contributed by atoms with Gasteiger partial charge < -0.3 is 16.4 Å². The Hall–Kier alpha value is -2.34. The van der Waals surface area contributed by atoms with Crippen LogP contribution in [0.5, 0.6) is 0 Å². The molecule has 2 saturated heterocycles. The van der Waals surface area contributed by atoms with Gasteiger partial charge in [0.05, 0.1) is 12.1 Å². The van der Waals surface area contributed by atoms with Gasteiger partial charge in [-0.2, -0.15) is 0 Å². The van der Waals surface area contributed by atoms with Crippen molar-refractivity contribution in [2.75, 3.05) is 18.0 Å². The topological polar surface area (TPSA) is 94.2 Å². The number of anilines is 1. The molecule has 5 N–H and O–H groups in total. The molecule has 6 heteroatoms. The molecule has 2 aliphatic heterocycles. The molecule has 2 atom stereocenters. The minimum absolute atomic E-state index is 0.00476. The molecule has 3 rings (SSSR count). The van der Waals surface area contributed by atoms with E-state index >= 15 is 0 Å². The maximum absolute atomic E-state index is 12.5. The number of urea groups is 1. The Morgan fingerprint density at radius 2 is 2.13 bits per heavy atom. The zero-order valence-electron chi connectivity index (χ0n) is 13.1. The largest absolute Gasteiger partial charge is 0.384 e. The number of nitrogens with two attached hydrogens (primary N) is 1. The van der Waals surface area contributed by atoms with Gasteiger partial charge in [0.2, 0.25) is 0 Å². The van der Waals surface area contributed by atoms with Crippen LogP contribution in [0.25, 0.3) is 0 Å². The number of amidine groups is 1. The Morgan fingerprint density at radius 3 is 2.78 bits per heavy atom. The number of nitrogens with zero attached hydrogens (tertiary/aromatic N) is 1. The second kappa shape index (κ2) is 6.42. The molecule has 2 heterocycles. The highest BCUT2D eigenvalue weighted by Gasteiger charge is 2.43. The van der Waals surface area contributed by atoms with Gasteiger partial charge in [0.1, 0.15) is 5.84 Å². The predicted octanol–water partition coefficient (Wildman–Crippen LogP) is 1.42. The lowest BCUT2D eigenvalue weighted by molar-refractivity contribution is 0.250. The summed E-state index contributed by atoms with van der Waals surface area (Å²) in [6, 6.07) is 7.19. The molecule has 0 aromatic heterocycles. The summed E-state index contributed by atoms with van der Waals surface area (Å²) in [5.74, 6) is 0.421. The summed E-state index contributed by atoms with van der Waals surface area (Å²) < 4.78 is 0. The molecule has 0 radical (unpaired) electrons. The van der Waals surface area contributed by atoms with Gasteiger partial charge in [-0.3, -0.25) is 10.3 Å². The van der Waals surface area contributed by atoms with E-state index in [-0.39, 0.29) is 24.0 Å². The van der Waals surface area contributed by atoms with Crippen LogP contribution in [0.3, 0.4) is 0 Å². The Balaban J connectivity index is 1.96. The van der Waals surface area contributed by atoms with Crippen molar-refractivity contribution in [1.29, 1.82) is 5.41 Å². The van der Waals surface area contributed by atoms with Gasteiger partial charge in [-0.15, -0.1) is 6.58 Å². The normalized spacial score (nSPS) is 25.2. The third kappa shape index (κ3) is 2.94. The second-order valence-electron chi connectivity index (χ2n) is 6.12. The van der Waals surface area contributed by atoms with Crippen LogP contribution in [0.4, 0.5) is 10.5 Å². The summed E-state index contributed by atoms with van der Waals surface area (Å²) in [4.78, 5) is 14.4. The fourth-order valence-corrected chi connectivity index (χ4v) is 3.59. The fraction of sp³-hybridized carbons (Fsp3) is 0.412. The van der Waals surface area contributed by atoms with E-state index in [2.05, 4.69) is 17.2 Å². The first kappa shape index (κ1) is 15.6. The molecule has 0 aliphatic carbocycles. The smallest absolute Gasteiger partial charge is 0.322 e. The van der Waals surface area contributed by atoms with E-state index < -0.39 is 0 Å². The zero-order valence-corrected chi connectivity index (χ0v) is 13.1. The van der Waals surface area contributed by atoms with E-state index in [4.69, 9.17) is 11.1 Å². The van der Waals surface area contributed by atoms with Gasteiger partial charge >= 0.3 is 6.03 Å². The molecule has 0 saturated carbocycles. The molecule has 2 fully saturated rings. The lowest BCUT2D eigenvalue weighted by atomic mass is 9.85. The highest BCUT2D eigenvalue weighted by Crippen LogP contribution is 2.32. The quantitative estimate of drug-likeness (QED) is 0.385. The van der Waals surface area contributed by atoms with Crippen molar-refractivity contribution in [2.24, 2.45) is 11.7 Å². The van der Waals surface area contributed by atoms with Crippen LogP contribution in [-0.4, -0.2) is 37.0 Å². The predicted molar refractivity (Wildman–Crippen MR) is 91.8 cm³/mol. The molecule has 1 aromatic rings. The lowest BCUT2D eigenvalue weighted by Gasteiger charge is -2.35. The van der Waals surface area contributed by atoms with E-state index in [1.807, 2.05) is 29.2 Å². The summed E-state index contributed by atoms with van der Waals surface area (Å²) in [6.07, 6.45) is 3.89. The van der Waals surface area contributed by atoms with Crippen molar-refractivity contribution in [1.82, 2.24) is 10.6 Å². The average Bonchev–Trinajstić information content (AvgIpc) is 2.92. The van der Waals surface area contributed by atoms with Gasteiger partial charge in [-0.25, -0.2) is 4.79 Å². The summed E-state index contributed by atoms with van der Waals surface area (Å²) in [7, 11) is 0. The maximum atomic E-state index is 12.5. The molecule has 2 unspecified atom stereocenters. The lowest BCUT2D eigenvalue weighted by Crippen LogP contribution is -2.46. The van der Waals surface area contributed by atoms with Crippen LogP contribution in [0.2, 0.25) is 0 Å². The molecule has 1 aromatic carbocycles. The first-order valence-corrected chi connectivity index (χ1v) is 7.99. The van der Waals surface area contributed by atoms with E-state index in [0.717, 1.165) is 31.6 Å². The molecule has 0 bridgehead atoms. The number of hydrogen-bond acceptors (Lipinski definition) is 3. The molecule has 2 aliphatic rings. The number of carbonyl (C=O) groups excluding carboxylic acids is 1. The van der Waals surface area contributed by atoms with E-state index in [0.29, 0.717) is 11.5 Å². The SMILES string of the molecule is C=CC1NC(=O)N(c2cccc(C(=N)N)c2)C1C1CCNCC1. The van der Waals surface area contributed by atoms with Crippen LogP contribution < -0.4 is 21.3 Å². The molecular formula is C17H23N5O. The summed E-state index contributed by atoms with van der Waals surface area (Å²) >= 11 is 0. The number of piperidine rings is 1. The molecule has 2 amide bonds. The molecule has 0 spiro atoms. The van der Waals surface area contributed by atoms with Gasteiger partial charge in [-0.1, -0.05) is 18.2 Å². The Morgan fingerprint density at radius 1 is 1.39 bits per heavy atom. The zero-order chi connectivity index (χ0) is 16.4. The third-order valence-electron chi connectivity index (χ3n) is 4.73. The summed E-state index contributed by atoms with van der Waals surface area (Å²) in [5.41, 5.74) is 6.99. The first-order chi connectivity index (χ1) is 11.1. The van der Waals surface area contributed by atoms with Crippen molar-refractivity contribution in [3.8, 4) is 0 Å². The van der Waals surface area contributed by atoms with Crippen LogP contribution >= 0.6 is 0 Å². The van der Waals surface area contributed by atoms with Crippen LogP contribution in [0.1, 0.15) is 18.4 Å². The van der Waals surface area contributed by atoms with Crippen molar-refractivity contribution in [3.05, 3.63) is 42.5 Å². The number of carbonyl (C=O) groups is 1. The van der Waals surface area contributed by atoms with E-state index in [1.54, 1.807) is 6.07 Å². The van der Waals surface area contributed by atoms with Gasteiger partial charge in [-0.05, 0) is 44.0 Å². The van der Waals surface area contributed by atoms with Crippen LogP contribution in [-0.2, 0) is 0 Å². The van der Waals surface area contributed by atoms with Crippen molar-refractivity contribution >= 4 is 17.6 Å². The molecular weight excluding hydrogens is 290 g/mol. The Bertz CT molecular complexity index is 623. The number of nitrogen functional groups attached to an aromatic ring is 1. The minimum atomic E-state index is -0.112. The van der Waals surface area contributed by atoms with Gasteiger partial charge in [0, 0.05) is 11.3 Å². The van der Waals surface area contributed by atoms with Crippen molar-refractivity contribution in [2.45, 2.75) is 24.9 Å². The first-order valence-electron chi connectivity index (χ1n) is 7.99. The van der Waals surface area contributed by atoms with Crippen molar-refractivity contribution < 1.29 is 4.79 Å². The average molecular weight is 313 g/mol. The van der Waals surface area contributed by atoms with E-state index in [1.165, 1.54) is 0 Å². The summed E-state index contributed by atoms with van der Waals surface area (Å²) in [6.45, 7) is 5.83. The monoisotopic (exact) mass is 313 g/mol. The second-order valence-corrected chi connectivity index (χ2v) is 6.12. The highest BCUT2D eigenvalue weighted by molar-refractivity contribution is 5.99. The van der Waals surface area contributed by atoms with E-state index in [9.17, 15) is 4.79 Å². The number of nitrogens with one attached hydrogen (secondary N) is 3. The maximum Gasteiger partial charge on any atom is 0.322 e. The third-order valence-corrected chi connectivity index (χ3v) is 4.73. The van der Waals surface area contributed by atoms with Gasteiger partial charge in [0.15, 0.2) is 0 Å². The highest BCUT2D eigenvalue weighted by atomic mass is 16.2. The number of rotatable bonds is 4. The Kier molecular flexibility index (Phi) is 4.34. The molecule has 23 heavy (non-hydrogen) atoms. The molecule has 122 valence electrons. The fourth-order valence-electron chi connectivity index (χ4n) is 3.59. The molecule has 6 nitrogen and oxygen atoms in total. The van der Waals surface area contributed by atoms with Crippen LogP contribution in [0, 0.1) is 11.3 Å². The van der Waals surface area contributed by atoms with Crippen molar-refractivity contribution in [3.63, 3.8) is 0 Å². The number of hydrogen-bond donors (Lipinski definition) is 4. The Labute approximate surface area is 136 Å². The number of amides is 2. The van der Waals surface area contributed by atoms with Gasteiger partial charge in [0.25, 0.3) is 0 Å². The summed E-state index contributed by atoms with van der Waals surface area (Å²) in [5, 5.41) is 14.0. The van der Waals surface area contributed by atoms with Crippen LogP contribution in [0.15, 0.2) is 36.9 Å². The standard InChI is InChI=1S/C17H23N5O/c1-2-14-15(11-6-8-20-9-7-11)22(17(23)21-14)13-5-3-4-12(10-13)16(18)19/h2-5,10-11,14-15,20H,1,6-9H2,(H3,18,19)(H,21,23). The minimum Gasteiger partial charge on any atom is -0.384 e. The number of benzene rings is 1.